The molecular weight excluding hydrogens is 292 g/mol. The molecule has 2 aromatic heterocycles. The second-order valence-corrected chi connectivity index (χ2v) is 4.90. The maximum Gasteiger partial charge on any atom is 0.280 e. The van der Waals surface area contributed by atoms with E-state index < -0.39 is 0 Å². The Hall–Kier alpha value is -1.21. The lowest BCUT2D eigenvalue weighted by Gasteiger charge is -2.04. The van der Waals surface area contributed by atoms with Gasteiger partial charge in [0.25, 0.3) is 5.56 Å². The fourth-order valence-electron chi connectivity index (χ4n) is 1.16. The normalized spacial score (nSPS) is 10.4. The molecule has 16 heavy (non-hydrogen) atoms. The molecule has 0 radical (unpaired) electrons. The van der Waals surface area contributed by atoms with Crippen LogP contribution in [0.4, 0.5) is 5.69 Å². The van der Waals surface area contributed by atoms with Crippen LogP contribution in [-0.2, 0) is 6.54 Å². The predicted molar refractivity (Wildman–Crippen MR) is 66.7 cm³/mol. The van der Waals surface area contributed by atoms with Crippen LogP contribution < -0.4 is 10.9 Å². The largest absolute Gasteiger partial charge is 0.376 e. The van der Waals surface area contributed by atoms with Crippen molar-refractivity contribution in [1.29, 1.82) is 0 Å². The zero-order valence-electron chi connectivity index (χ0n) is 8.45. The number of hydrogen-bond acceptors (Lipinski definition) is 5. The van der Waals surface area contributed by atoms with Crippen molar-refractivity contribution in [1.82, 2.24) is 15.2 Å². The van der Waals surface area contributed by atoms with Crippen LogP contribution in [0.2, 0.25) is 0 Å². The third kappa shape index (κ3) is 2.48. The molecule has 0 saturated carbocycles. The first-order valence-electron chi connectivity index (χ1n) is 4.55. The van der Waals surface area contributed by atoms with Gasteiger partial charge in [0.15, 0.2) is 0 Å². The third-order valence-electron chi connectivity index (χ3n) is 1.89. The third-order valence-corrected chi connectivity index (χ3v) is 3.65. The van der Waals surface area contributed by atoms with Crippen molar-refractivity contribution in [3.8, 4) is 0 Å². The van der Waals surface area contributed by atoms with Gasteiger partial charge in [-0.3, -0.25) is 4.79 Å². The van der Waals surface area contributed by atoms with Gasteiger partial charge in [-0.05, 0) is 22.9 Å². The number of thiazole rings is 1. The van der Waals surface area contributed by atoms with Crippen LogP contribution in [0, 0.1) is 6.92 Å². The quantitative estimate of drug-likeness (QED) is 0.908. The van der Waals surface area contributed by atoms with Gasteiger partial charge in [0.05, 0.1) is 18.4 Å². The van der Waals surface area contributed by atoms with Crippen molar-refractivity contribution >= 4 is 33.0 Å². The van der Waals surface area contributed by atoms with Crippen molar-refractivity contribution in [2.45, 2.75) is 13.5 Å². The van der Waals surface area contributed by atoms with Crippen molar-refractivity contribution in [3.05, 3.63) is 37.1 Å². The predicted octanol–water partition coefficient (Wildman–Crippen LogP) is 1.91. The summed E-state index contributed by atoms with van der Waals surface area (Å²) in [5.74, 6) is 0. The zero-order valence-corrected chi connectivity index (χ0v) is 10.9. The van der Waals surface area contributed by atoms with Gasteiger partial charge in [-0.2, -0.15) is 5.10 Å². The van der Waals surface area contributed by atoms with Crippen LogP contribution >= 0.6 is 27.3 Å². The highest BCUT2D eigenvalue weighted by molar-refractivity contribution is 9.10. The topological polar surface area (TPSA) is 70.7 Å². The molecule has 0 aromatic carbocycles. The van der Waals surface area contributed by atoms with Crippen molar-refractivity contribution < 1.29 is 0 Å². The molecule has 2 heterocycles. The van der Waals surface area contributed by atoms with Crippen molar-refractivity contribution in [2.24, 2.45) is 0 Å². The van der Waals surface area contributed by atoms with Gasteiger partial charge in [-0.25, -0.2) is 10.1 Å². The number of anilines is 1. The molecule has 0 atom stereocenters. The lowest BCUT2D eigenvalue weighted by Crippen LogP contribution is -2.12. The van der Waals surface area contributed by atoms with E-state index in [-0.39, 0.29) is 5.56 Å². The maximum atomic E-state index is 11.2. The number of aromatic nitrogens is 3. The Morgan fingerprint density at radius 3 is 3.12 bits per heavy atom. The molecule has 0 aliphatic rings. The average molecular weight is 301 g/mol. The number of aromatic amines is 1. The number of rotatable bonds is 3. The average Bonchev–Trinajstić information content (AvgIpc) is 2.67. The molecule has 0 unspecified atom stereocenters. The van der Waals surface area contributed by atoms with E-state index >= 15 is 0 Å². The highest BCUT2D eigenvalue weighted by Crippen LogP contribution is 2.17. The number of hydrogen-bond donors (Lipinski definition) is 2. The standard InChI is InChI=1S/C9H9BrN4OS/c1-5-4-16-7(13-5)3-11-6-2-12-14-9(15)8(6)10/h2,4H,3H2,1H3,(H2,11,14,15). The SMILES string of the molecule is Cc1csc(CNc2cn[nH]c(=O)c2Br)n1. The molecular formula is C9H9BrN4OS. The van der Waals surface area contributed by atoms with Crippen LogP contribution in [0.15, 0.2) is 20.8 Å². The minimum absolute atomic E-state index is 0.250. The van der Waals surface area contributed by atoms with Gasteiger partial charge in [-0.1, -0.05) is 0 Å². The highest BCUT2D eigenvalue weighted by Gasteiger charge is 2.05. The van der Waals surface area contributed by atoms with E-state index in [0.29, 0.717) is 16.7 Å². The molecule has 5 nitrogen and oxygen atoms in total. The molecule has 2 N–H and O–H groups in total. The molecule has 2 aromatic rings. The van der Waals surface area contributed by atoms with E-state index in [1.165, 1.54) is 0 Å². The Morgan fingerprint density at radius 1 is 1.62 bits per heavy atom. The first kappa shape index (κ1) is 11.3. The number of nitrogens with one attached hydrogen (secondary N) is 2. The molecule has 0 spiro atoms. The van der Waals surface area contributed by atoms with Crippen LogP contribution in [-0.4, -0.2) is 15.2 Å². The highest BCUT2D eigenvalue weighted by atomic mass is 79.9. The number of halogens is 1. The van der Waals surface area contributed by atoms with Gasteiger partial charge in [0, 0.05) is 11.1 Å². The first-order chi connectivity index (χ1) is 7.66. The van der Waals surface area contributed by atoms with E-state index in [2.05, 4.69) is 36.4 Å². The molecule has 2 rings (SSSR count). The summed E-state index contributed by atoms with van der Waals surface area (Å²) in [4.78, 5) is 15.5. The van der Waals surface area contributed by atoms with E-state index in [4.69, 9.17) is 0 Å². The Morgan fingerprint density at radius 2 is 2.44 bits per heavy atom. The minimum atomic E-state index is -0.250. The second-order valence-electron chi connectivity index (χ2n) is 3.16. The molecule has 0 aliphatic heterocycles. The van der Waals surface area contributed by atoms with Crippen LogP contribution in [0.3, 0.4) is 0 Å². The fraction of sp³-hybridized carbons (Fsp3) is 0.222. The number of aryl methyl sites for hydroxylation is 1. The molecule has 0 saturated heterocycles. The summed E-state index contributed by atoms with van der Waals surface area (Å²) < 4.78 is 0.454. The molecule has 0 amide bonds. The molecule has 0 fully saturated rings. The van der Waals surface area contributed by atoms with Gasteiger partial charge in [0.2, 0.25) is 0 Å². The van der Waals surface area contributed by atoms with E-state index in [9.17, 15) is 4.79 Å². The Bertz CT molecular complexity index is 550. The minimum Gasteiger partial charge on any atom is -0.376 e. The summed E-state index contributed by atoms with van der Waals surface area (Å²) in [6.45, 7) is 2.53. The first-order valence-corrected chi connectivity index (χ1v) is 6.22. The van der Waals surface area contributed by atoms with Gasteiger partial charge in [0.1, 0.15) is 9.48 Å². The lowest BCUT2D eigenvalue weighted by molar-refractivity contribution is 0.968. The Balaban J connectivity index is 2.10. The fourth-order valence-corrected chi connectivity index (χ4v) is 2.20. The van der Waals surface area contributed by atoms with Gasteiger partial charge in [-0.15, -0.1) is 11.3 Å². The summed E-state index contributed by atoms with van der Waals surface area (Å²) in [6, 6.07) is 0. The monoisotopic (exact) mass is 300 g/mol. The van der Waals surface area contributed by atoms with Gasteiger partial charge >= 0.3 is 0 Å². The molecule has 0 aliphatic carbocycles. The van der Waals surface area contributed by atoms with E-state index in [1.54, 1.807) is 17.5 Å². The smallest absolute Gasteiger partial charge is 0.280 e. The summed E-state index contributed by atoms with van der Waals surface area (Å²) in [5, 5.41) is 12.1. The van der Waals surface area contributed by atoms with Crippen LogP contribution in [0.1, 0.15) is 10.7 Å². The van der Waals surface area contributed by atoms with Crippen LogP contribution in [0.5, 0.6) is 0 Å². The molecule has 0 bridgehead atoms. The summed E-state index contributed by atoms with van der Waals surface area (Å²) >= 11 is 4.78. The van der Waals surface area contributed by atoms with Crippen molar-refractivity contribution in [2.75, 3.05) is 5.32 Å². The summed E-state index contributed by atoms with van der Waals surface area (Å²) in [5.41, 5.74) is 1.42. The van der Waals surface area contributed by atoms with Crippen molar-refractivity contribution in [3.63, 3.8) is 0 Å². The van der Waals surface area contributed by atoms with Crippen LogP contribution in [0.25, 0.3) is 0 Å². The van der Waals surface area contributed by atoms with E-state index in [0.717, 1.165) is 10.7 Å². The lowest BCUT2D eigenvalue weighted by atomic mass is 10.4. The number of H-pyrrole nitrogens is 1. The summed E-state index contributed by atoms with van der Waals surface area (Å²) in [6.07, 6.45) is 1.56. The zero-order chi connectivity index (χ0) is 11.5. The Kier molecular flexibility index (Phi) is 3.35. The molecule has 84 valence electrons. The summed E-state index contributed by atoms with van der Waals surface area (Å²) in [7, 11) is 0. The molecule has 7 heteroatoms. The Labute approximate surface area is 104 Å². The number of nitrogens with zero attached hydrogens (tertiary/aromatic N) is 2. The second kappa shape index (κ2) is 4.75. The van der Waals surface area contributed by atoms with E-state index in [1.807, 2.05) is 12.3 Å². The maximum absolute atomic E-state index is 11.2. The van der Waals surface area contributed by atoms with Gasteiger partial charge < -0.3 is 5.32 Å².